The fourth-order valence-electron chi connectivity index (χ4n) is 2.21. The first kappa shape index (κ1) is 13.5. The smallest absolute Gasteiger partial charge is 0.205 e. The van der Waals surface area contributed by atoms with Gasteiger partial charge in [-0.1, -0.05) is 0 Å². The second kappa shape index (κ2) is 5.12. The van der Waals surface area contributed by atoms with Crippen LogP contribution in [-0.4, -0.2) is 39.9 Å². The number of fused-ring (bicyclic) bond motifs is 1. The molecule has 0 radical (unpaired) electrons. The van der Waals surface area contributed by atoms with Crippen molar-refractivity contribution in [3.05, 3.63) is 35.9 Å². The van der Waals surface area contributed by atoms with E-state index in [1.165, 1.54) is 5.69 Å². The minimum Gasteiger partial charge on any atom is -0.375 e. The van der Waals surface area contributed by atoms with Crippen molar-refractivity contribution in [3.63, 3.8) is 0 Å². The van der Waals surface area contributed by atoms with E-state index in [1.807, 2.05) is 26.0 Å². The van der Waals surface area contributed by atoms with Gasteiger partial charge in [0.25, 0.3) is 0 Å². The SMILES string of the molecule is CCN(C)c1ccc(N=C2C(C)=Nn3c(C)nnc32)cc1. The zero-order chi connectivity index (χ0) is 15.0. The third-order valence-electron chi connectivity index (χ3n) is 3.61. The number of aryl methyl sites for hydroxylation is 1. The van der Waals surface area contributed by atoms with Crippen LogP contribution < -0.4 is 4.90 Å². The Morgan fingerprint density at radius 2 is 1.86 bits per heavy atom. The van der Waals surface area contributed by atoms with Crippen molar-refractivity contribution in [2.24, 2.45) is 10.1 Å². The molecule has 6 heteroatoms. The second-order valence-corrected chi connectivity index (χ2v) is 5.06. The maximum absolute atomic E-state index is 4.66. The van der Waals surface area contributed by atoms with Gasteiger partial charge in [0.15, 0.2) is 5.82 Å². The summed E-state index contributed by atoms with van der Waals surface area (Å²) in [5.41, 5.74) is 3.71. The van der Waals surface area contributed by atoms with Crippen LogP contribution in [-0.2, 0) is 0 Å². The lowest BCUT2D eigenvalue weighted by Gasteiger charge is -2.16. The molecule has 0 saturated heterocycles. The van der Waals surface area contributed by atoms with E-state index in [2.05, 4.69) is 51.3 Å². The maximum Gasteiger partial charge on any atom is 0.205 e. The lowest BCUT2D eigenvalue weighted by Crippen LogP contribution is -2.15. The summed E-state index contributed by atoms with van der Waals surface area (Å²) in [5, 5.41) is 12.6. The maximum atomic E-state index is 4.66. The van der Waals surface area contributed by atoms with Crippen molar-refractivity contribution in [2.75, 3.05) is 18.5 Å². The number of hydrogen-bond acceptors (Lipinski definition) is 5. The average molecular weight is 282 g/mol. The Morgan fingerprint density at radius 3 is 2.52 bits per heavy atom. The molecule has 1 aromatic heterocycles. The van der Waals surface area contributed by atoms with Gasteiger partial charge < -0.3 is 4.90 Å². The summed E-state index contributed by atoms with van der Waals surface area (Å²) in [7, 11) is 2.07. The summed E-state index contributed by atoms with van der Waals surface area (Å²) in [4.78, 5) is 6.84. The summed E-state index contributed by atoms with van der Waals surface area (Å²) < 4.78 is 1.73. The Balaban J connectivity index is 1.94. The third kappa shape index (κ3) is 2.33. The predicted octanol–water partition coefficient (Wildman–Crippen LogP) is 2.40. The molecule has 0 spiro atoms. The number of aromatic nitrogens is 3. The van der Waals surface area contributed by atoms with Crippen LogP contribution >= 0.6 is 0 Å². The molecule has 0 fully saturated rings. The minimum atomic E-state index is 0.708. The van der Waals surface area contributed by atoms with Gasteiger partial charge in [-0.15, -0.1) is 10.2 Å². The molecule has 2 aromatic rings. The molecule has 0 bridgehead atoms. The first-order valence-electron chi connectivity index (χ1n) is 6.98. The lowest BCUT2D eigenvalue weighted by atomic mass is 10.2. The Bertz CT molecular complexity index is 723. The standard InChI is InChI=1S/C15H18N6/c1-5-20(4)13-8-6-12(7-9-13)16-14-10(2)19-21-11(3)17-18-15(14)21/h6-9H,5H2,1-4H3. The van der Waals surface area contributed by atoms with Crippen molar-refractivity contribution >= 4 is 22.8 Å². The van der Waals surface area contributed by atoms with Crippen LogP contribution in [0.1, 0.15) is 25.5 Å². The molecule has 108 valence electrons. The fraction of sp³-hybridized carbons (Fsp3) is 0.333. The molecule has 1 aliphatic heterocycles. The Hall–Kier alpha value is -2.50. The number of benzene rings is 1. The van der Waals surface area contributed by atoms with Gasteiger partial charge in [0.05, 0.1) is 11.4 Å². The molecule has 0 N–H and O–H groups in total. The van der Waals surface area contributed by atoms with Gasteiger partial charge in [-0.25, -0.2) is 4.99 Å². The molecule has 21 heavy (non-hydrogen) atoms. The van der Waals surface area contributed by atoms with Gasteiger partial charge in [-0.3, -0.25) is 0 Å². The Labute approximate surface area is 123 Å². The summed E-state index contributed by atoms with van der Waals surface area (Å²) >= 11 is 0. The molecule has 0 amide bonds. The highest BCUT2D eigenvalue weighted by molar-refractivity contribution is 6.48. The molecular formula is C15H18N6. The fourth-order valence-corrected chi connectivity index (χ4v) is 2.21. The van der Waals surface area contributed by atoms with Gasteiger partial charge in [0.2, 0.25) is 5.82 Å². The van der Waals surface area contributed by atoms with Crippen molar-refractivity contribution in [1.29, 1.82) is 0 Å². The molecule has 6 nitrogen and oxygen atoms in total. The zero-order valence-corrected chi connectivity index (χ0v) is 12.7. The Kier molecular flexibility index (Phi) is 3.29. The molecule has 1 aromatic carbocycles. The first-order valence-corrected chi connectivity index (χ1v) is 6.98. The van der Waals surface area contributed by atoms with Crippen LogP contribution in [0.15, 0.2) is 34.4 Å². The van der Waals surface area contributed by atoms with E-state index in [9.17, 15) is 0 Å². The lowest BCUT2D eigenvalue weighted by molar-refractivity contribution is 0.834. The van der Waals surface area contributed by atoms with Crippen LogP contribution in [0.25, 0.3) is 0 Å². The summed E-state index contributed by atoms with van der Waals surface area (Å²) in [6.45, 7) is 6.92. The molecule has 1 aliphatic rings. The molecule has 0 unspecified atom stereocenters. The van der Waals surface area contributed by atoms with Crippen molar-refractivity contribution in [3.8, 4) is 0 Å². The molecular weight excluding hydrogens is 264 g/mol. The zero-order valence-electron chi connectivity index (χ0n) is 12.7. The molecule has 0 atom stereocenters. The number of nitrogens with zero attached hydrogens (tertiary/aromatic N) is 6. The highest BCUT2D eigenvalue weighted by Gasteiger charge is 2.23. The molecule has 0 aliphatic carbocycles. The van der Waals surface area contributed by atoms with E-state index in [0.717, 1.165) is 29.5 Å². The second-order valence-electron chi connectivity index (χ2n) is 5.06. The summed E-state index contributed by atoms with van der Waals surface area (Å²) in [6, 6.07) is 8.15. The quantitative estimate of drug-likeness (QED) is 0.868. The molecule has 3 rings (SSSR count). The van der Waals surface area contributed by atoms with E-state index in [0.29, 0.717) is 5.82 Å². The van der Waals surface area contributed by atoms with Crippen LogP contribution in [0.5, 0.6) is 0 Å². The highest BCUT2D eigenvalue weighted by atomic mass is 15.5. The van der Waals surface area contributed by atoms with E-state index < -0.39 is 0 Å². The average Bonchev–Trinajstić information content (AvgIpc) is 3.00. The van der Waals surface area contributed by atoms with Crippen molar-refractivity contribution in [1.82, 2.24) is 14.9 Å². The van der Waals surface area contributed by atoms with E-state index in [1.54, 1.807) is 4.68 Å². The van der Waals surface area contributed by atoms with Crippen LogP contribution in [0.4, 0.5) is 11.4 Å². The summed E-state index contributed by atoms with van der Waals surface area (Å²) in [6.07, 6.45) is 0. The number of aliphatic imine (C=N–C) groups is 1. The van der Waals surface area contributed by atoms with Gasteiger partial charge in [0, 0.05) is 19.3 Å². The third-order valence-corrected chi connectivity index (χ3v) is 3.61. The van der Waals surface area contributed by atoms with Crippen LogP contribution in [0.2, 0.25) is 0 Å². The predicted molar refractivity (Wildman–Crippen MR) is 84.8 cm³/mol. The first-order chi connectivity index (χ1) is 10.1. The molecule has 0 saturated carbocycles. The van der Waals surface area contributed by atoms with Gasteiger partial charge >= 0.3 is 0 Å². The highest BCUT2D eigenvalue weighted by Crippen LogP contribution is 2.21. The monoisotopic (exact) mass is 282 g/mol. The Morgan fingerprint density at radius 1 is 1.14 bits per heavy atom. The van der Waals surface area contributed by atoms with E-state index >= 15 is 0 Å². The van der Waals surface area contributed by atoms with Gasteiger partial charge in [-0.05, 0) is 45.0 Å². The minimum absolute atomic E-state index is 0.708. The molecule has 2 heterocycles. The van der Waals surface area contributed by atoms with Gasteiger partial charge in [0.1, 0.15) is 5.71 Å². The van der Waals surface area contributed by atoms with Gasteiger partial charge in [-0.2, -0.15) is 9.78 Å². The number of anilines is 1. The van der Waals surface area contributed by atoms with Crippen LogP contribution in [0, 0.1) is 6.92 Å². The number of rotatable bonds is 3. The number of hydrogen-bond donors (Lipinski definition) is 0. The van der Waals surface area contributed by atoms with E-state index in [-0.39, 0.29) is 0 Å². The van der Waals surface area contributed by atoms with Crippen molar-refractivity contribution < 1.29 is 0 Å². The van der Waals surface area contributed by atoms with Crippen LogP contribution in [0.3, 0.4) is 0 Å². The largest absolute Gasteiger partial charge is 0.375 e. The topological polar surface area (TPSA) is 58.7 Å². The normalized spacial score (nSPS) is 15.2. The van der Waals surface area contributed by atoms with E-state index in [4.69, 9.17) is 0 Å². The summed E-state index contributed by atoms with van der Waals surface area (Å²) in [5.74, 6) is 1.48. The van der Waals surface area contributed by atoms with Crippen molar-refractivity contribution in [2.45, 2.75) is 20.8 Å².